The van der Waals surface area contributed by atoms with Crippen LogP contribution in [0.3, 0.4) is 0 Å². The molecule has 0 aromatic heterocycles. The maximum atomic E-state index is 14.3. The smallest absolute Gasteiger partial charge is 0.206 e. The van der Waals surface area contributed by atoms with E-state index in [2.05, 4.69) is 6.92 Å². The number of alkyl halides is 3. The zero-order valence-corrected chi connectivity index (χ0v) is 14.5. The van der Waals surface area contributed by atoms with Gasteiger partial charge in [-0.3, -0.25) is 0 Å². The summed E-state index contributed by atoms with van der Waals surface area (Å²) in [5.41, 5.74) is 0.997. The molecule has 2 aromatic rings. The first-order valence-corrected chi connectivity index (χ1v) is 8.88. The molecule has 0 atom stereocenters. The van der Waals surface area contributed by atoms with E-state index in [-0.39, 0.29) is 5.82 Å². The van der Waals surface area contributed by atoms with Crippen molar-refractivity contribution < 1.29 is 17.6 Å². The largest absolute Gasteiger partial charge is 0.416 e. The van der Waals surface area contributed by atoms with E-state index < -0.39 is 11.7 Å². The van der Waals surface area contributed by atoms with Gasteiger partial charge in [0.1, 0.15) is 5.82 Å². The average Bonchev–Trinajstić information content (AvgIpc) is 2.57. The van der Waals surface area contributed by atoms with E-state index in [0.29, 0.717) is 11.1 Å². The molecule has 0 saturated heterocycles. The van der Waals surface area contributed by atoms with Gasteiger partial charge in [-0.2, -0.15) is 13.2 Å². The van der Waals surface area contributed by atoms with Crippen molar-refractivity contribution in [3.8, 4) is 11.1 Å². The summed E-state index contributed by atoms with van der Waals surface area (Å²) in [5, 5.41) is 0. The molecule has 0 saturated carbocycles. The molecule has 0 heterocycles. The van der Waals surface area contributed by atoms with Gasteiger partial charge in [0.2, 0.25) is 0 Å². The molecule has 0 radical (unpaired) electrons. The Hall–Kier alpha value is -1.84. The van der Waals surface area contributed by atoms with E-state index >= 15 is 0 Å². The van der Waals surface area contributed by atoms with E-state index in [4.69, 9.17) is 0 Å². The minimum absolute atomic E-state index is 0.334. The standard InChI is InChI=1S/C21H24F4/c1-2-3-4-5-6-7-8-16-9-14-19(20(22)15-16)17-10-12-18(13-11-17)21(23,24)25/h9-15H,2-8H2,1H3. The van der Waals surface area contributed by atoms with E-state index in [1.807, 2.05) is 6.07 Å². The molecule has 0 amide bonds. The van der Waals surface area contributed by atoms with Crippen LogP contribution in [0.5, 0.6) is 0 Å². The molecular formula is C21H24F4. The van der Waals surface area contributed by atoms with Crippen LogP contribution in [0.2, 0.25) is 0 Å². The monoisotopic (exact) mass is 352 g/mol. The highest BCUT2D eigenvalue weighted by Gasteiger charge is 2.30. The van der Waals surface area contributed by atoms with Crippen LogP contribution in [0.25, 0.3) is 11.1 Å². The Morgan fingerprint density at radius 3 is 2.04 bits per heavy atom. The first-order valence-electron chi connectivity index (χ1n) is 8.88. The fourth-order valence-corrected chi connectivity index (χ4v) is 2.90. The summed E-state index contributed by atoms with van der Waals surface area (Å²) < 4.78 is 52.1. The molecular weight excluding hydrogens is 328 g/mol. The first kappa shape index (κ1) is 19.5. The number of aryl methyl sites for hydroxylation is 1. The van der Waals surface area contributed by atoms with Crippen LogP contribution < -0.4 is 0 Å². The van der Waals surface area contributed by atoms with Crippen LogP contribution in [-0.4, -0.2) is 0 Å². The highest BCUT2D eigenvalue weighted by atomic mass is 19.4. The lowest BCUT2D eigenvalue weighted by atomic mass is 9.99. The SMILES string of the molecule is CCCCCCCCc1ccc(-c2ccc(C(F)(F)F)cc2)c(F)c1. The molecule has 0 aliphatic heterocycles. The molecule has 2 aromatic carbocycles. The highest BCUT2D eigenvalue weighted by molar-refractivity contribution is 5.64. The van der Waals surface area contributed by atoms with Crippen molar-refractivity contribution in [1.29, 1.82) is 0 Å². The zero-order valence-electron chi connectivity index (χ0n) is 14.5. The number of hydrogen-bond acceptors (Lipinski definition) is 0. The lowest BCUT2D eigenvalue weighted by Gasteiger charge is -2.09. The molecule has 4 heteroatoms. The molecule has 0 spiro atoms. The maximum Gasteiger partial charge on any atom is 0.416 e. The Kier molecular flexibility index (Phi) is 7.03. The van der Waals surface area contributed by atoms with Gasteiger partial charge in [0.25, 0.3) is 0 Å². The topological polar surface area (TPSA) is 0 Å². The molecule has 0 fully saturated rings. The van der Waals surface area contributed by atoms with Crippen LogP contribution in [-0.2, 0) is 12.6 Å². The minimum atomic E-state index is -4.38. The van der Waals surface area contributed by atoms with E-state index in [1.165, 1.54) is 43.9 Å². The zero-order chi connectivity index (χ0) is 18.3. The summed E-state index contributed by atoms with van der Waals surface area (Å²) in [5.74, 6) is -0.386. The Balaban J connectivity index is 1.97. The summed E-state index contributed by atoms with van der Waals surface area (Å²) in [6.45, 7) is 2.18. The van der Waals surface area contributed by atoms with Gasteiger partial charge in [0.05, 0.1) is 5.56 Å². The van der Waals surface area contributed by atoms with Crippen LogP contribution in [0.4, 0.5) is 17.6 Å². The number of benzene rings is 2. The summed E-state index contributed by atoms with van der Waals surface area (Å²) >= 11 is 0. The molecule has 0 aliphatic carbocycles. The molecule has 25 heavy (non-hydrogen) atoms. The van der Waals surface area contributed by atoms with Crippen molar-refractivity contribution in [1.82, 2.24) is 0 Å². The predicted molar refractivity (Wildman–Crippen MR) is 93.9 cm³/mol. The second-order valence-corrected chi connectivity index (χ2v) is 6.41. The van der Waals surface area contributed by atoms with E-state index in [1.54, 1.807) is 6.07 Å². The highest BCUT2D eigenvalue weighted by Crippen LogP contribution is 2.31. The molecule has 0 nitrogen and oxygen atoms in total. The lowest BCUT2D eigenvalue weighted by molar-refractivity contribution is -0.137. The van der Waals surface area contributed by atoms with Crippen molar-refractivity contribution in [3.63, 3.8) is 0 Å². The minimum Gasteiger partial charge on any atom is -0.206 e. The van der Waals surface area contributed by atoms with Crippen molar-refractivity contribution >= 4 is 0 Å². The quantitative estimate of drug-likeness (QED) is 0.343. The summed E-state index contributed by atoms with van der Waals surface area (Å²) in [6.07, 6.45) is 3.56. The number of unbranched alkanes of at least 4 members (excludes halogenated alkanes) is 5. The Morgan fingerprint density at radius 2 is 1.44 bits per heavy atom. The van der Waals surface area contributed by atoms with Gasteiger partial charge < -0.3 is 0 Å². The molecule has 2 rings (SSSR count). The molecule has 0 aliphatic rings. The van der Waals surface area contributed by atoms with Gasteiger partial charge in [0, 0.05) is 5.56 Å². The molecule has 136 valence electrons. The number of halogens is 4. The van der Waals surface area contributed by atoms with Crippen LogP contribution in [0.15, 0.2) is 42.5 Å². The van der Waals surface area contributed by atoms with Gasteiger partial charge in [-0.1, -0.05) is 63.3 Å². The van der Waals surface area contributed by atoms with E-state index in [0.717, 1.165) is 37.0 Å². The van der Waals surface area contributed by atoms with Crippen molar-refractivity contribution in [2.75, 3.05) is 0 Å². The lowest BCUT2D eigenvalue weighted by Crippen LogP contribution is -2.04. The van der Waals surface area contributed by atoms with Crippen molar-refractivity contribution in [3.05, 3.63) is 59.4 Å². The van der Waals surface area contributed by atoms with Gasteiger partial charge in [-0.05, 0) is 42.2 Å². The van der Waals surface area contributed by atoms with Crippen LogP contribution in [0.1, 0.15) is 56.6 Å². The summed E-state index contributed by atoms with van der Waals surface area (Å²) in [4.78, 5) is 0. The van der Waals surface area contributed by atoms with Crippen molar-refractivity contribution in [2.24, 2.45) is 0 Å². The predicted octanol–water partition coefficient (Wildman–Crippen LogP) is 7.41. The Bertz CT molecular complexity index is 657. The van der Waals surface area contributed by atoms with E-state index in [9.17, 15) is 17.6 Å². The normalized spacial score (nSPS) is 11.7. The summed E-state index contributed by atoms with van der Waals surface area (Å²) in [6, 6.07) is 9.62. The average molecular weight is 352 g/mol. The fourth-order valence-electron chi connectivity index (χ4n) is 2.90. The van der Waals surface area contributed by atoms with Gasteiger partial charge in [-0.15, -0.1) is 0 Å². The Morgan fingerprint density at radius 1 is 0.800 bits per heavy atom. The van der Waals surface area contributed by atoms with Gasteiger partial charge in [-0.25, -0.2) is 4.39 Å². The van der Waals surface area contributed by atoms with Crippen molar-refractivity contribution in [2.45, 2.75) is 58.0 Å². The Labute approximate surface area is 146 Å². The summed E-state index contributed by atoms with van der Waals surface area (Å²) in [7, 11) is 0. The third kappa shape index (κ3) is 5.87. The number of hydrogen-bond donors (Lipinski definition) is 0. The maximum absolute atomic E-state index is 14.3. The van der Waals surface area contributed by atoms with Crippen LogP contribution in [0, 0.1) is 5.82 Å². The third-order valence-corrected chi connectivity index (χ3v) is 4.38. The second-order valence-electron chi connectivity index (χ2n) is 6.41. The first-order chi connectivity index (χ1) is 11.9. The second kappa shape index (κ2) is 9.02. The van der Waals surface area contributed by atoms with Gasteiger partial charge >= 0.3 is 6.18 Å². The van der Waals surface area contributed by atoms with Gasteiger partial charge in [0.15, 0.2) is 0 Å². The third-order valence-electron chi connectivity index (χ3n) is 4.38. The fraction of sp³-hybridized carbons (Fsp3) is 0.429. The molecule has 0 bridgehead atoms. The molecule has 0 N–H and O–H groups in total. The molecule has 0 unspecified atom stereocenters. The number of rotatable bonds is 8. The van der Waals surface area contributed by atoms with Crippen LogP contribution >= 0.6 is 0 Å².